The zero-order chi connectivity index (χ0) is 29.3. The predicted molar refractivity (Wildman–Crippen MR) is 188 cm³/mol. The summed E-state index contributed by atoms with van der Waals surface area (Å²) >= 11 is 2.02. The average Bonchev–Trinajstić information content (AvgIpc) is 3.75. The molecule has 1 spiro atoms. The van der Waals surface area contributed by atoms with Crippen molar-refractivity contribution in [3.8, 4) is 27.9 Å². The van der Waals surface area contributed by atoms with Crippen LogP contribution in [0.1, 0.15) is 33.7 Å². The highest BCUT2D eigenvalue weighted by Gasteiger charge is 2.50. The van der Waals surface area contributed by atoms with Crippen molar-refractivity contribution in [1.82, 2.24) is 4.57 Å². The van der Waals surface area contributed by atoms with E-state index in [1.54, 1.807) is 0 Å². The fourth-order valence-corrected chi connectivity index (χ4v) is 10.5. The van der Waals surface area contributed by atoms with E-state index in [2.05, 4.69) is 156 Å². The zero-order valence-corrected chi connectivity index (χ0v) is 25.3. The van der Waals surface area contributed by atoms with Crippen LogP contribution in [0.4, 0.5) is 0 Å². The molecule has 0 fully saturated rings. The Morgan fingerprint density at radius 3 is 2.11 bits per heavy atom. The second-order valence-electron chi connectivity index (χ2n) is 12.7. The first kappa shape index (κ1) is 24.3. The van der Waals surface area contributed by atoms with Gasteiger partial charge in [0.05, 0.1) is 22.1 Å². The van der Waals surface area contributed by atoms with Crippen LogP contribution >= 0.6 is 11.8 Å². The Bertz CT molecular complexity index is 2450. The van der Waals surface area contributed by atoms with Gasteiger partial charge < -0.3 is 4.57 Å². The summed E-state index contributed by atoms with van der Waals surface area (Å²) in [4.78, 5) is 1.43. The minimum Gasteiger partial charge on any atom is -0.309 e. The van der Waals surface area contributed by atoms with Crippen molar-refractivity contribution in [2.75, 3.05) is 0 Å². The van der Waals surface area contributed by atoms with Crippen molar-refractivity contribution in [2.24, 2.45) is 0 Å². The molecule has 1 nitrogen and oxygen atoms in total. The smallest absolute Gasteiger partial charge is 0.0754 e. The molecule has 210 valence electrons. The predicted octanol–water partition coefficient (Wildman–Crippen LogP) is 10.8. The number of fused-ring (bicyclic) bond motifs is 15. The normalized spacial score (nSPS) is 19.0. The van der Waals surface area contributed by atoms with E-state index in [9.17, 15) is 0 Å². The molecule has 4 aliphatic rings. The third kappa shape index (κ3) is 2.88. The fraction of sp³-hybridized carbons (Fsp3) is 0.0698. The first-order chi connectivity index (χ1) is 22.3. The van der Waals surface area contributed by atoms with E-state index in [1.165, 1.54) is 82.5 Å². The molecule has 2 atom stereocenters. The molecule has 45 heavy (non-hydrogen) atoms. The van der Waals surface area contributed by atoms with Gasteiger partial charge in [-0.15, -0.1) is 11.8 Å². The van der Waals surface area contributed by atoms with E-state index >= 15 is 0 Å². The molecular formula is C43H27NS. The fourth-order valence-electron chi connectivity index (χ4n) is 9.02. The monoisotopic (exact) mass is 589 g/mol. The molecule has 7 aromatic rings. The van der Waals surface area contributed by atoms with E-state index in [0.29, 0.717) is 11.2 Å². The topological polar surface area (TPSA) is 4.93 Å². The summed E-state index contributed by atoms with van der Waals surface area (Å²) in [5.41, 5.74) is 15.7. The van der Waals surface area contributed by atoms with Crippen molar-refractivity contribution in [3.63, 3.8) is 0 Å². The van der Waals surface area contributed by atoms with E-state index < -0.39 is 5.41 Å². The number of benzene rings is 6. The number of thioether (sulfide) groups is 1. The summed E-state index contributed by atoms with van der Waals surface area (Å²) in [5, 5.41) is 3.09. The van der Waals surface area contributed by atoms with Gasteiger partial charge in [-0.2, -0.15) is 0 Å². The van der Waals surface area contributed by atoms with Crippen molar-refractivity contribution in [2.45, 2.75) is 21.5 Å². The van der Waals surface area contributed by atoms with Crippen LogP contribution in [0, 0.1) is 0 Å². The maximum absolute atomic E-state index is 2.54. The summed E-state index contributed by atoms with van der Waals surface area (Å²) in [6.45, 7) is 0. The summed E-state index contributed by atoms with van der Waals surface area (Å²) in [6.07, 6.45) is 9.16. The first-order valence-electron chi connectivity index (χ1n) is 15.9. The molecule has 0 radical (unpaired) electrons. The van der Waals surface area contributed by atoms with Crippen LogP contribution < -0.4 is 0 Å². The number of nitrogens with zero attached hydrogens (tertiary/aromatic N) is 1. The molecule has 1 aromatic heterocycles. The molecule has 3 heterocycles. The van der Waals surface area contributed by atoms with Gasteiger partial charge in [-0.3, -0.25) is 0 Å². The Kier molecular flexibility index (Phi) is 4.62. The summed E-state index contributed by atoms with van der Waals surface area (Å²) in [6, 6.07) is 48.4. The number of hydrogen-bond acceptors (Lipinski definition) is 1. The first-order valence-corrected chi connectivity index (χ1v) is 16.7. The van der Waals surface area contributed by atoms with Crippen LogP contribution in [0.3, 0.4) is 0 Å². The molecule has 0 amide bonds. The second kappa shape index (κ2) is 8.56. The third-order valence-corrected chi connectivity index (χ3v) is 12.2. The quantitative estimate of drug-likeness (QED) is 0.184. The zero-order valence-electron chi connectivity index (χ0n) is 24.4. The number of allylic oxidation sites excluding steroid dienone is 3. The Morgan fingerprint density at radius 2 is 1.24 bits per heavy atom. The third-order valence-electron chi connectivity index (χ3n) is 10.7. The largest absolute Gasteiger partial charge is 0.309 e. The van der Waals surface area contributed by atoms with Gasteiger partial charge in [0.25, 0.3) is 0 Å². The summed E-state index contributed by atoms with van der Waals surface area (Å²) in [5.74, 6) is 0.443. The highest BCUT2D eigenvalue weighted by Crippen LogP contribution is 2.61. The Morgan fingerprint density at radius 1 is 0.556 bits per heavy atom. The van der Waals surface area contributed by atoms with Gasteiger partial charge in [0.15, 0.2) is 0 Å². The summed E-state index contributed by atoms with van der Waals surface area (Å²) < 4.78 is 2.54. The number of rotatable bonds is 1. The van der Waals surface area contributed by atoms with Crippen molar-refractivity contribution in [1.29, 1.82) is 0 Å². The minimum atomic E-state index is -0.424. The van der Waals surface area contributed by atoms with Crippen LogP contribution in [0.2, 0.25) is 0 Å². The summed E-state index contributed by atoms with van der Waals surface area (Å²) in [7, 11) is 0. The van der Waals surface area contributed by atoms with Crippen molar-refractivity contribution < 1.29 is 0 Å². The minimum absolute atomic E-state index is 0.424. The molecule has 0 saturated heterocycles. The van der Waals surface area contributed by atoms with Crippen LogP contribution in [0.15, 0.2) is 157 Å². The maximum atomic E-state index is 2.54. The molecule has 6 aromatic carbocycles. The van der Waals surface area contributed by atoms with E-state index in [4.69, 9.17) is 0 Å². The highest BCUT2D eigenvalue weighted by molar-refractivity contribution is 8.00. The molecule has 2 aliphatic heterocycles. The van der Waals surface area contributed by atoms with E-state index in [0.717, 1.165) is 0 Å². The molecule has 11 rings (SSSR count). The molecule has 2 aliphatic carbocycles. The maximum Gasteiger partial charge on any atom is 0.0754 e. The van der Waals surface area contributed by atoms with E-state index in [-0.39, 0.29) is 0 Å². The van der Waals surface area contributed by atoms with Gasteiger partial charge in [0.1, 0.15) is 0 Å². The van der Waals surface area contributed by atoms with Crippen LogP contribution in [-0.2, 0) is 5.41 Å². The molecule has 0 bridgehead atoms. The lowest BCUT2D eigenvalue weighted by atomic mass is 9.65. The lowest BCUT2D eigenvalue weighted by Gasteiger charge is -2.40. The second-order valence-corrected chi connectivity index (χ2v) is 13.9. The van der Waals surface area contributed by atoms with Gasteiger partial charge >= 0.3 is 0 Å². The van der Waals surface area contributed by atoms with Gasteiger partial charge in [-0.05, 0) is 68.3 Å². The molecule has 0 saturated carbocycles. The van der Waals surface area contributed by atoms with E-state index in [1.807, 2.05) is 11.8 Å². The SMILES string of the molecule is C1=CC2Sc3c(-c4ccc5c(c4)C4(c6ccccc6-c6ccccc64)c4cccc6c7ccccc7n-5c46)cccc3C2C=C1. The number of aromatic nitrogens is 1. The van der Waals surface area contributed by atoms with Gasteiger partial charge in [-0.1, -0.05) is 133 Å². The lowest BCUT2D eigenvalue weighted by molar-refractivity contribution is 0.749. The Hall–Kier alpha value is -5.05. The van der Waals surface area contributed by atoms with Crippen molar-refractivity contribution >= 4 is 33.6 Å². The molecule has 2 heteroatoms. The standard InChI is InChI=1S/C43H27NS/c1-5-18-34-28(11-1)29-12-2-6-19-35(29)43(34)36-20-10-16-32-30-13-3-7-21-38(30)44(41(32)36)39-24-23-26(25-37(39)43)27-15-9-17-33-31-14-4-8-22-40(31)45-42(27)33/h1-25,31,40H. The van der Waals surface area contributed by atoms with Crippen LogP contribution in [0.5, 0.6) is 0 Å². The van der Waals surface area contributed by atoms with Gasteiger partial charge in [0, 0.05) is 26.8 Å². The lowest BCUT2D eigenvalue weighted by Crippen LogP contribution is -2.33. The van der Waals surface area contributed by atoms with Crippen LogP contribution in [0.25, 0.3) is 49.7 Å². The highest BCUT2D eigenvalue weighted by atomic mass is 32.2. The van der Waals surface area contributed by atoms with Crippen LogP contribution in [-0.4, -0.2) is 9.82 Å². The number of hydrogen-bond donors (Lipinski definition) is 0. The molecule has 0 N–H and O–H groups in total. The van der Waals surface area contributed by atoms with Gasteiger partial charge in [-0.25, -0.2) is 0 Å². The molecular weight excluding hydrogens is 563 g/mol. The average molecular weight is 590 g/mol. The van der Waals surface area contributed by atoms with Gasteiger partial charge in [0.2, 0.25) is 0 Å². The Balaban J connectivity index is 1.29. The number of para-hydroxylation sites is 2. The Labute approximate surface area is 266 Å². The van der Waals surface area contributed by atoms with Crippen molar-refractivity contribution in [3.05, 3.63) is 180 Å². The molecule has 2 unspecified atom stereocenters.